The average molecular weight is 298 g/mol. The van der Waals surface area contributed by atoms with Gasteiger partial charge < -0.3 is 4.74 Å². The lowest BCUT2D eigenvalue weighted by Crippen LogP contribution is -2.16. The SMILES string of the molecule is N#Cc1c(Cl)cccc1-c1ccc(OC(F)(F)F)cc1. The zero-order valence-corrected chi connectivity index (χ0v) is 10.7. The quantitative estimate of drug-likeness (QED) is 0.799. The van der Waals surface area contributed by atoms with Crippen LogP contribution >= 0.6 is 11.6 Å². The maximum Gasteiger partial charge on any atom is 0.573 e. The number of halogens is 4. The van der Waals surface area contributed by atoms with Crippen molar-refractivity contribution in [3.05, 3.63) is 53.1 Å². The molecule has 0 radical (unpaired) electrons. The van der Waals surface area contributed by atoms with Crippen molar-refractivity contribution in [3.8, 4) is 22.9 Å². The lowest BCUT2D eigenvalue weighted by molar-refractivity contribution is -0.274. The van der Waals surface area contributed by atoms with Crippen LogP contribution in [-0.4, -0.2) is 6.36 Å². The first kappa shape index (κ1) is 14.2. The Balaban J connectivity index is 2.36. The molecular weight excluding hydrogens is 291 g/mol. The molecule has 0 unspecified atom stereocenters. The van der Waals surface area contributed by atoms with Crippen LogP contribution in [0.25, 0.3) is 11.1 Å². The highest BCUT2D eigenvalue weighted by atomic mass is 35.5. The summed E-state index contributed by atoms with van der Waals surface area (Å²) in [6, 6.07) is 12.1. The first-order valence-corrected chi connectivity index (χ1v) is 5.83. The fourth-order valence-electron chi connectivity index (χ4n) is 1.71. The van der Waals surface area contributed by atoms with Crippen molar-refractivity contribution in [1.82, 2.24) is 0 Å². The topological polar surface area (TPSA) is 33.0 Å². The third-order valence-electron chi connectivity index (χ3n) is 2.52. The number of hydrogen-bond acceptors (Lipinski definition) is 2. The number of hydrogen-bond donors (Lipinski definition) is 0. The van der Waals surface area contributed by atoms with E-state index in [1.54, 1.807) is 18.2 Å². The molecule has 0 atom stereocenters. The smallest absolute Gasteiger partial charge is 0.406 e. The highest BCUT2D eigenvalue weighted by Crippen LogP contribution is 2.30. The van der Waals surface area contributed by atoms with E-state index in [0.29, 0.717) is 16.1 Å². The summed E-state index contributed by atoms with van der Waals surface area (Å²) in [5, 5.41) is 9.35. The second kappa shape index (κ2) is 5.43. The van der Waals surface area contributed by atoms with Gasteiger partial charge in [0.15, 0.2) is 0 Å². The van der Waals surface area contributed by atoms with E-state index in [0.717, 1.165) is 0 Å². The minimum atomic E-state index is -4.73. The average Bonchev–Trinajstić information content (AvgIpc) is 2.37. The molecule has 2 aromatic carbocycles. The molecule has 0 fully saturated rings. The van der Waals surface area contributed by atoms with Crippen LogP contribution in [0.1, 0.15) is 5.56 Å². The van der Waals surface area contributed by atoms with Crippen LogP contribution in [0.15, 0.2) is 42.5 Å². The predicted octanol–water partition coefficient (Wildman–Crippen LogP) is 4.78. The van der Waals surface area contributed by atoms with Crippen LogP contribution in [0.2, 0.25) is 5.02 Å². The molecule has 0 saturated heterocycles. The lowest BCUT2D eigenvalue weighted by Gasteiger charge is -2.10. The molecule has 0 aromatic heterocycles. The third-order valence-corrected chi connectivity index (χ3v) is 2.84. The molecule has 6 heteroatoms. The van der Waals surface area contributed by atoms with E-state index in [9.17, 15) is 13.2 Å². The molecule has 0 N–H and O–H groups in total. The van der Waals surface area contributed by atoms with Gasteiger partial charge in [-0.25, -0.2) is 0 Å². The predicted molar refractivity (Wildman–Crippen MR) is 68.3 cm³/mol. The van der Waals surface area contributed by atoms with Gasteiger partial charge in [-0.15, -0.1) is 13.2 Å². The zero-order valence-electron chi connectivity index (χ0n) is 9.91. The summed E-state index contributed by atoms with van der Waals surface area (Å²) < 4.78 is 39.9. The number of nitriles is 1. The Morgan fingerprint density at radius 1 is 1.05 bits per heavy atom. The van der Waals surface area contributed by atoms with Gasteiger partial charge in [-0.1, -0.05) is 35.9 Å². The molecule has 102 valence electrons. The largest absolute Gasteiger partial charge is 0.573 e. The minimum absolute atomic E-state index is 0.277. The highest BCUT2D eigenvalue weighted by Gasteiger charge is 2.30. The standard InChI is InChI=1S/C14H7ClF3NO/c15-13-3-1-2-11(12(13)8-19)9-4-6-10(7-5-9)20-14(16,17)18/h1-7H. The van der Waals surface area contributed by atoms with Crippen LogP contribution in [0.3, 0.4) is 0 Å². The normalized spacial score (nSPS) is 10.9. The second-order valence-electron chi connectivity index (χ2n) is 3.85. The van der Waals surface area contributed by atoms with Crippen molar-refractivity contribution in [1.29, 1.82) is 5.26 Å². The molecule has 0 saturated carbocycles. The monoisotopic (exact) mass is 297 g/mol. The van der Waals surface area contributed by atoms with Gasteiger partial charge in [-0.2, -0.15) is 5.26 Å². The summed E-state index contributed by atoms with van der Waals surface area (Å²) in [6.45, 7) is 0. The van der Waals surface area contributed by atoms with E-state index in [4.69, 9.17) is 16.9 Å². The fraction of sp³-hybridized carbons (Fsp3) is 0.0714. The van der Waals surface area contributed by atoms with Crippen molar-refractivity contribution in [2.24, 2.45) is 0 Å². The second-order valence-corrected chi connectivity index (χ2v) is 4.25. The van der Waals surface area contributed by atoms with Crippen molar-refractivity contribution in [2.45, 2.75) is 6.36 Å². The Bertz CT molecular complexity index is 660. The maximum absolute atomic E-state index is 12.1. The Morgan fingerprint density at radius 2 is 1.70 bits per heavy atom. The number of rotatable bonds is 2. The van der Waals surface area contributed by atoms with Crippen LogP contribution in [0.5, 0.6) is 5.75 Å². The summed E-state index contributed by atoms with van der Waals surface area (Å²) >= 11 is 5.90. The molecule has 0 aliphatic heterocycles. The molecule has 0 bridgehead atoms. The van der Waals surface area contributed by atoms with Crippen molar-refractivity contribution in [3.63, 3.8) is 0 Å². The Morgan fingerprint density at radius 3 is 2.25 bits per heavy atom. The maximum atomic E-state index is 12.1. The zero-order chi connectivity index (χ0) is 14.8. The summed E-state index contributed by atoms with van der Waals surface area (Å²) in [5.74, 6) is -0.318. The van der Waals surface area contributed by atoms with Gasteiger partial charge in [0.25, 0.3) is 0 Å². The van der Waals surface area contributed by atoms with Crippen LogP contribution in [-0.2, 0) is 0 Å². The Hall–Kier alpha value is -2.19. The Labute approximate surface area is 118 Å². The third kappa shape index (κ3) is 3.22. The van der Waals surface area contributed by atoms with E-state index in [2.05, 4.69) is 4.74 Å². The van der Waals surface area contributed by atoms with Gasteiger partial charge in [-0.3, -0.25) is 0 Å². The van der Waals surface area contributed by atoms with Crippen LogP contribution in [0.4, 0.5) is 13.2 Å². The molecule has 0 amide bonds. The number of benzene rings is 2. The van der Waals surface area contributed by atoms with Gasteiger partial charge in [-0.05, 0) is 23.8 Å². The van der Waals surface area contributed by atoms with E-state index < -0.39 is 6.36 Å². The van der Waals surface area contributed by atoms with E-state index in [1.807, 2.05) is 6.07 Å². The van der Waals surface area contributed by atoms with Gasteiger partial charge in [0.2, 0.25) is 0 Å². The molecular formula is C14H7ClF3NO. The molecule has 2 aromatic rings. The van der Waals surface area contributed by atoms with Gasteiger partial charge in [0.05, 0.1) is 10.6 Å². The van der Waals surface area contributed by atoms with Crippen molar-refractivity contribution < 1.29 is 17.9 Å². The van der Waals surface area contributed by atoms with Gasteiger partial charge in [0.1, 0.15) is 11.8 Å². The molecule has 2 nitrogen and oxygen atoms in total. The number of alkyl halides is 3. The van der Waals surface area contributed by atoms with E-state index in [-0.39, 0.29) is 11.3 Å². The molecule has 0 aliphatic carbocycles. The lowest BCUT2D eigenvalue weighted by atomic mass is 10.0. The van der Waals surface area contributed by atoms with Gasteiger partial charge >= 0.3 is 6.36 Å². The van der Waals surface area contributed by atoms with E-state index in [1.165, 1.54) is 24.3 Å². The summed E-state index contributed by atoms with van der Waals surface area (Å²) in [7, 11) is 0. The van der Waals surface area contributed by atoms with Crippen molar-refractivity contribution in [2.75, 3.05) is 0 Å². The molecule has 2 rings (SSSR count). The molecule has 0 aliphatic rings. The molecule has 0 heterocycles. The van der Waals surface area contributed by atoms with Crippen molar-refractivity contribution >= 4 is 11.6 Å². The number of nitrogens with zero attached hydrogens (tertiary/aromatic N) is 1. The summed E-state index contributed by atoms with van der Waals surface area (Å²) in [5.41, 5.74) is 1.41. The van der Waals surface area contributed by atoms with Crippen LogP contribution < -0.4 is 4.74 Å². The minimum Gasteiger partial charge on any atom is -0.406 e. The molecule has 0 spiro atoms. The van der Waals surface area contributed by atoms with E-state index >= 15 is 0 Å². The highest BCUT2D eigenvalue weighted by molar-refractivity contribution is 6.32. The fourth-order valence-corrected chi connectivity index (χ4v) is 1.93. The first-order chi connectivity index (χ1) is 9.40. The molecule has 20 heavy (non-hydrogen) atoms. The summed E-state index contributed by atoms with van der Waals surface area (Å²) in [4.78, 5) is 0. The first-order valence-electron chi connectivity index (χ1n) is 5.45. The summed E-state index contributed by atoms with van der Waals surface area (Å²) in [6.07, 6.45) is -4.73. The Kier molecular flexibility index (Phi) is 3.86. The van der Waals surface area contributed by atoms with Crippen LogP contribution in [0, 0.1) is 11.3 Å². The number of ether oxygens (including phenoxy) is 1. The van der Waals surface area contributed by atoms with Gasteiger partial charge in [0, 0.05) is 5.56 Å².